The molecule has 21 N–H and O–H groups in total. The average molecular weight is 1270 g/mol. The van der Waals surface area contributed by atoms with Gasteiger partial charge in [0.2, 0.25) is 47.3 Å². The molecule has 6 aromatic rings. The molecule has 4 aromatic heterocycles. The monoisotopic (exact) mass is 1270 g/mol. The Kier molecular flexibility index (Phi) is 23.2. The third-order valence-corrected chi connectivity index (χ3v) is 13.6. The number of H-pyrrole nitrogens is 3. The van der Waals surface area contributed by atoms with Crippen molar-refractivity contribution in [2.45, 2.75) is 95.0 Å². The Labute approximate surface area is 510 Å². The molecule has 0 spiro atoms. The van der Waals surface area contributed by atoms with Crippen LogP contribution >= 0.6 is 0 Å². The Balaban J connectivity index is 1.39. The highest BCUT2D eigenvalue weighted by Crippen LogP contribution is 2.09. The van der Waals surface area contributed by atoms with E-state index < -0.39 is 156 Å². The average Bonchev–Trinajstić information content (AvgIpc) is 1.34. The van der Waals surface area contributed by atoms with Crippen LogP contribution < -0.4 is 106 Å². The van der Waals surface area contributed by atoms with Crippen LogP contribution in [-0.4, -0.2) is 165 Å². The van der Waals surface area contributed by atoms with Crippen LogP contribution in [-0.2, 0) is 64.5 Å². The highest BCUT2D eigenvalue weighted by Gasteiger charge is 2.35. The molecule has 8 amide bonds. The summed E-state index contributed by atoms with van der Waals surface area (Å²) in [4.78, 5) is 224. The second kappa shape index (κ2) is 31.1. The Morgan fingerprint density at radius 3 is 1.48 bits per heavy atom. The number of nitrogens with one attached hydrogen (secondary N) is 9. The summed E-state index contributed by atoms with van der Waals surface area (Å²) in [5.41, 5.74) is 26.0. The predicted molar refractivity (Wildman–Crippen MR) is 326 cm³/mol. The first kappa shape index (κ1) is 68.1. The molecule has 38 nitrogen and oxygen atoms in total. The zero-order valence-electron chi connectivity index (χ0n) is 48.8. The number of hydrogen-bond donors (Lipinski definition) is 15. The number of anilines is 1. The van der Waals surface area contributed by atoms with E-state index >= 15 is 4.79 Å². The van der Waals surface area contributed by atoms with Crippen LogP contribution in [0.15, 0.2) is 117 Å². The van der Waals surface area contributed by atoms with Crippen LogP contribution in [0.25, 0.3) is 21.8 Å². The summed E-state index contributed by atoms with van der Waals surface area (Å²) in [6.07, 6.45) is 2.10. The van der Waals surface area contributed by atoms with E-state index in [1.54, 1.807) is 0 Å². The molecule has 0 fully saturated rings. The van der Waals surface area contributed by atoms with Crippen molar-refractivity contribution in [2.24, 2.45) is 38.7 Å². The Morgan fingerprint density at radius 1 is 0.538 bits per heavy atom. The smallest absolute Gasteiger partial charge is 0.349 e. The number of carbonyl (C=O) groups is 8. The lowest BCUT2D eigenvalue weighted by molar-refractivity contribution is -0.140. The van der Waals surface area contributed by atoms with E-state index in [0.717, 1.165) is 46.5 Å². The van der Waals surface area contributed by atoms with Gasteiger partial charge in [-0.15, -0.1) is 0 Å². The van der Waals surface area contributed by atoms with E-state index in [1.807, 2.05) is 4.98 Å². The second-order valence-corrected chi connectivity index (χ2v) is 20.4. The van der Waals surface area contributed by atoms with Crippen LogP contribution in [0.3, 0.4) is 0 Å². The number of rotatable bonds is 30. The molecule has 0 aliphatic heterocycles. The normalized spacial score (nSPS) is 13.0. The summed E-state index contributed by atoms with van der Waals surface area (Å²) < 4.78 is 2.69. The van der Waals surface area contributed by atoms with Gasteiger partial charge in [-0.2, -0.15) is 4.98 Å². The summed E-state index contributed by atoms with van der Waals surface area (Å²) in [7, 11) is 1.06. The van der Waals surface area contributed by atoms with E-state index in [2.05, 4.69) is 56.8 Å². The summed E-state index contributed by atoms with van der Waals surface area (Å²) in [6, 6.07) is 2.67. The van der Waals surface area contributed by atoms with Gasteiger partial charge in [-0.25, -0.2) is 19.2 Å². The third-order valence-electron chi connectivity index (χ3n) is 13.6. The largest absolute Gasteiger partial charge is 0.383 e. The number of hydrogen-bond acceptors (Lipinski definition) is 19. The lowest BCUT2D eigenvalue weighted by Gasteiger charge is -2.28. The van der Waals surface area contributed by atoms with Crippen molar-refractivity contribution in [1.29, 1.82) is 0 Å². The van der Waals surface area contributed by atoms with Gasteiger partial charge in [0.05, 0.1) is 54.5 Å². The molecule has 0 aliphatic carbocycles. The minimum atomic E-state index is -2.20. The van der Waals surface area contributed by atoms with Crippen LogP contribution in [0.5, 0.6) is 0 Å². The van der Waals surface area contributed by atoms with Gasteiger partial charge < -0.3 is 81.2 Å². The molecule has 0 unspecified atom stereocenters. The van der Waals surface area contributed by atoms with Crippen LogP contribution in [0.2, 0.25) is 0 Å². The minimum absolute atomic E-state index is 0.0138. The molecule has 0 radical (unpaired) electrons. The van der Waals surface area contributed by atoms with Gasteiger partial charge in [-0.3, -0.25) is 86.0 Å². The summed E-state index contributed by atoms with van der Waals surface area (Å²) in [6.45, 7) is -3.52. The fraction of sp³-hybridized carbons (Fsp3) is 0.358. The number of primary amides is 1. The molecule has 0 saturated carbocycles. The lowest BCUT2D eigenvalue weighted by atomic mass is 10.1. The number of likely N-dealkylation sites (N-methyl/N-ethyl adjacent to an activating group) is 1. The molecule has 6 atom stereocenters. The van der Waals surface area contributed by atoms with Gasteiger partial charge in [-0.1, -0.05) is 24.3 Å². The van der Waals surface area contributed by atoms with E-state index in [0.29, 0.717) is 9.13 Å². The number of fused-ring (bicyclic) bond motifs is 2. The maximum atomic E-state index is 15.0. The molecule has 0 aliphatic rings. The molecular formula is C53H67N23O15. The maximum absolute atomic E-state index is 15.0. The number of para-hydroxylation sites is 2. The highest BCUT2D eigenvalue weighted by atomic mass is 16.2. The fourth-order valence-corrected chi connectivity index (χ4v) is 9.12. The number of carbonyl (C=O) groups excluding carboxylic acids is 8. The first-order valence-electron chi connectivity index (χ1n) is 27.6. The van der Waals surface area contributed by atoms with E-state index in [-0.39, 0.29) is 78.3 Å². The number of aromatic nitrogens is 8. The molecule has 0 bridgehead atoms. The van der Waals surface area contributed by atoms with Gasteiger partial charge >= 0.3 is 22.8 Å². The number of nitrogens with zero attached hydrogens (tertiary/aromatic N) is 8. The topological polar surface area (TPSA) is 592 Å². The number of guanidine groups is 2. The van der Waals surface area contributed by atoms with E-state index in [1.165, 1.54) is 54.6 Å². The van der Waals surface area contributed by atoms with Crippen LogP contribution in [0.1, 0.15) is 32.6 Å². The van der Waals surface area contributed by atoms with Crippen molar-refractivity contribution in [3.8, 4) is 0 Å². The predicted octanol–water partition coefficient (Wildman–Crippen LogP) is -9.24. The standard InChI is InChI=1S/C53H67N23O15/c1-26(77)62-32(14-8-18-61-49(58)59)41(81)67-36(22-74-20-16-38(78)71-51(74)89)47(87)72(2)25-39(79)63-34(23-75-45(85)27-9-3-5-11-29(27)68-52(75)90)43(83)66-35(24-76-46(86)28-10-4-6-12-30(28)69-53(76)91)44(84)65-33(21-73-19-15-37(54)70-50(73)88)42(82)64-31(40(55)80)13-7-17-60-48(56)57/h3-6,9-12,15-16,19-20,31-36H,7-8,13-14,17-18,21-25H2,1-2H3,(H2,55,80)(H,62,77)(H,63,79)(H,64,82)(H,65,84)(H,66,83)(H,67,81)(H,68,90)(H,69,91)(H2,54,70,88)(H4,56,57,60)(H4,58,59,61)(H,71,78,89)/t31-,32-,33-,34-,35-,36-/m0/s1. The summed E-state index contributed by atoms with van der Waals surface area (Å²) >= 11 is 0. The van der Waals surface area contributed by atoms with Gasteiger partial charge in [0.25, 0.3) is 16.7 Å². The molecule has 484 valence electrons. The Morgan fingerprint density at radius 2 is 0.989 bits per heavy atom. The van der Waals surface area contributed by atoms with Gasteiger partial charge in [-0.05, 0) is 56.0 Å². The number of aliphatic imine (C=N–C) groups is 2. The molecule has 91 heavy (non-hydrogen) atoms. The zero-order chi connectivity index (χ0) is 66.8. The van der Waals surface area contributed by atoms with Crippen molar-refractivity contribution in [1.82, 2.24) is 75.0 Å². The zero-order valence-corrected chi connectivity index (χ0v) is 48.8. The van der Waals surface area contributed by atoms with Gasteiger partial charge in [0, 0.05) is 45.5 Å². The van der Waals surface area contributed by atoms with Crippen molar-refractivity contribution in [3.05, 3.63) is 146 Å². The van der Waals surface area contributed by atoms with Crippen molar-refractivity contribution < 1.29 is 38.4 Å². The Bertz CT molecular complexity index is 4250. The minimum Gasteiger partial charge on any atom is -0.383 e. The van der Waals surface area contributed by atoms with Crippen molar-refractivity contribution in [2.75, 3.05) is 32.4 Å². The fourth-order valence-electron chi connectivity index (χ4n) is 9.12. The Hall–Kier alpha value is -12.0. The highest BCUT2D eigenvalue weighted by molar-refractivity contribution is 5.97. The number of nitrogen functional groups attached to an aromatic ring is 1. The molecule has 4 heterocycles. The third kappa shape index (κ3) is 19.0. The number of nitrogens with two attached hydrogens (primary N) is 6. The first-order chi connectivity index (χ1) is 43.1. The lowest BCUT2D eigenvalue weighted by Crippen LogP contribution is -2.62. The van der Waals surface area contributed by atoms with Gasteiger partial charge in [0.15, 0.2) is 11.9 Å². The quantitative estimate of drug-likeness (QED) is 0.0113. The first-order valence-corrected chi connectivity index (χ1v) is 27.6. The summed E-state index contributed by atoms with van der Waals surface area (Å²) in [5, 5.41) is 14.1. The number of aromatic amines is 3. The molecule has 2 aromatic carbocycles. The molecule has 0 saturated heterocycles. The SMILES string of the molecule is CC(=O)N[C@@H](CCCN=C(N)N)C(=O)N[C@@H](Cn1ccc(=O)[nH]c1=O)C(=O)N(C)CC(=O)N[C@@H](Cn1c(=O)[nH]c2ccccc2c1=O)C(=O)N[C@@H](Cn1c(=O)[nH]c2ccccc2c1=O)C(=O)N[C@@H](Cn1ccc(N)nc1=O)C(=O)N[C@@H](CCCN=C(N)N)C(N)=O. The second-order valence-electron chi connectivity index (χ2n) is 20.4. The van der Waals surface area contributed by atoms with Gasteiger partial charge in [0.1, 0.15) is 42.1 Å². The van der Waals surface area contributed by atoms with E-state index in [4.69, 9.17) is 34.4 Å². The number of amides is 8. The molecule has 6 rings (SSSR count). The van der Waals surface area contributed by atoms with Crippen LogP contribution in [0.4, 0.5) is 5.82 Å². The number of benzene rings is 2. The van der Waals surface area contributed by atoms with Crippen molar-refractivity contribution >= 4 is 86.8 Å². The summed E-state index contributed by atoms with van der Waals surface area (Å²) in [5.74, 6) is -9.79. The van der Waals surface area contributed by atoms with Crippen molar-refractivity contribution in [3.63, 3.8) is 0 Å². The maximum Gasteiger partial charge on any atom is 0.349 e. The van der Waals surface area contributed by atoms with Crippen LogP contribution in [0, 0.1) is 0 Å². The molecule has 38 heteroatoms. The van der Waals surface area contributed by atoms with E-state index in [9.17, 15) is 67.1 Å². The molecular weight excluding hydrogens is 1200 g/mol.